The van der Waals surface area contributed by atoms with E-state index < -0.39 is 11.8 Å². The molecule has 4 bridgehead atoms. The number of nitrogens with zero attached hydrogens (tertiary/aromatic N) is 4. The molecule has 3 rings (SSSR count). The molecular formula is C17H18N6O5. The van der Waals surface area contributed by atoms with E-state index in [4.69, 9.17) is 14.8 Å². The van der Waals surface area contributed by atoms with E-state index in [0.29, 0.717) is 11.4 Å². The molecule has 1 aliphatic rings. The van der Waals surface area contributed by atoms with Gasteiger partial charge >= 0.3 is 0 Å². The number of amides is 2. The molecule has 0 spiro atoms. The lowest BCUT2D eigenvalue weighted by Crippen LogP contribution is -2.26. The molecule has 28 heavy (non-hydrogen) atoms. The normalized spacial score (nSPS) is 16.4. The van der Waals surface area contributed by atoms with E-state index in [0.717, 1.165) is 19.8 Å². The van der Waals surface area contributed by atoms with Gasteiger partial charge in [0.1, 0.15) is 24.1 Å². The first-order valence-corrected chi connectivity index (χ1v) is 7.98. The molecule has 11 heteroatoms. The van der Waals surface area contributed by atoms with E-state index in [2.05, 4.69) is 30.9 Å². The molecule has 11 nitrogen and oxygen atoms in total. The van der Waals surface area contributed by atoms with Crippen LogP contribution < -0.4 is 10.6 Å². The topological polar surface area (TPSA) is 147 Å². The van der Waals surface area contributed by atoms with Crippen molar-refractivity contribution >= 4 is 24.5 Å². The summed E-state index contributed by atoms with van der Waals surface area (Å²) in [7, 11) is 1.00. The van der Waals surface area contributed by atoms with Gasteiger partial charge in [-0.1, -0.05) is 22.4 Å². The number of hydrogen-bond donors (Lipinski definition) is 3. The van der Waals surface area contributed by atoms with E-state index >= 15 is 0 Å². The van der Waals surface area contributed by atoms with Crippen LogP contribution in [0.25, 0.3) is 0 Å². The zero-order valence-corrected chi connectivity index (χ0v) is 14.9. The quantitative estimate of drug-likeness (QED) is 0.585. The number of aliphatic hydroxyl groups is 1. The summed E-state index contributed by atoms with van der Waals surface area (Å²) in [6.07, 6.45) is 2.19. The minimum absolute atomic E-state index is 0.0489. The average molecular weight is 386 g/mol. The lowest BCUT2D eigenvalue weighted by atomic mass is 10.3. The number of nitrogens with one attached hydrogen (secondary N) is 2. The van der Waals surface area contributed by atoms with Gasteiger partial charge in [0, 0.05) is 7.11 Å². The van der Waals surface area contributed by atoms with Crippen LogP contribution in [0, 0.1) is 0 Å². The van der Waals surface area contributed by atoms with Crippen LogP contribution in [0.3, 0.4) is 0 Å². The summed E-state index contributed by atoms with van der Waals surface area (Å²) in [5.74, 6) is -1.07. The predicted octanol–water partition coefficient (Wildman–Crippen LogP) is 0.178. The molecular weight excluding hydrogens is 368 g/mol. The maximum absolute atomic E-state index is 12.0. The molecule has 1 aliphatic heterocycles. The Morgan fingerprint density at radius 1 is 0.786 bits per heavy atom. The summed E-state index contributed by atoms with van der Waals surface area (Å²) >= 11 is 0. The maximum atomic E-state index is 12.0. The van der Waals surface area contributed by atoms with Crippen LogP contribution in [0.4, 0.5) is 0 Å². The van der Waals surface area contributed by atoms with Gasteiger partial charge in [-0.05, 0) is 24.3 Å². The van der Waals surface area contributed by atoms with Gasteiger partial charge in [-0.2, -0.15) is 0 Å². The van der Waals surface area contributed by atoms with Gasteiger partial charge < -0.3 is 25.4 Å². The Hall–Kier alpha value is -3.86. The summed E-state index contributed by atoms with van der Waals surface area (Å²) in [5.41, 5.74) is 1.35. The zero-order valence-electron chi connectivity index (χ0n) is 14.9. The lowest BCUT2D eigenvalue weighted by molar-refractivity contribution is 0.0960. The van der Waals surface area contributed by atoms with Gasteiger partial charge in [-0.25, -0.2) is 4.98 Å². The van der Waals surface area contributed by atoms with Crippen molar-refractivity contribution in [1.82, 2.24) is 20.6 Å². The van der Waals surface area contributed by atoms with E-state index in [1.54, 1.807) is 18.2 Å². The molecule has 0 saturated carbocycles. The molecule has 0 aromatic carbocycles. The average Bonchev–Trinajstić information content (AvgIpc) is 2.74. The molecule has 2 aromatic heterocycles. The van der Waals surface area contributed by atoms with Gasteiger partial charge in [0.2, 0.25) is 0 Å². The highest BCUT2D eigenvalue weighted by Gasteiger charge is 2.11. The van der Waals surface area contributed by atoms with Crippen molar-refractivity contribution in [2.24, 2.45) is 10.3 Å². The Labute approximate surface area is 160 Å². The van der Waals surface area contributed by atoms with Crippen LogP contribution >= 0.6 is 0 Å². The summed E-state index contributed by atoms with van der Waals surface area (Å²) < 4.78 is 0. The number of fused-ring (bicyclic) bond motifs is 4. The number of rotatable bonds is 0. The van der Waals surface area contributed by atoms with Gasteiger partial charge in [-0.15, -0.1) is 0 Å². The first-order valence-electron chi connectivity index (χ1n) is 7.98. The summed E-state index contributed by atoms with van der Waals surface area (Å²) in [6.45, 7) is 0.237. The summed E-state index contributed by atoms with van der Waals surface area (Å²) in [6, 6.07) is 9.77. The Balaban J connectivity index is 0.00000136. The highest BCUT2D eigenvalue weighted by atomic mass is 16.6. The van der Waals surface area contributed by atoms with Crippen LogP contribution in [-0.4, -0.2) is 46.7 Å². The molecule has 0 aliphatic carbocycles. The monoisotopic (exact) mass is 386 g/mol. The van der Waals surface area contributed by atoms with Crippen molar-refractivity contribution < 1.29 is 24.4 Å². The number of carbonyl (C=O) groups is 2. The molecule has 3 N–H and O–H groups in total. The molecule has 2 amide bonds. The highest BCUT2D eigenvalue weighted by Crippen LogP contribution is 2.04. The Bertz CT molecular complexity index is 808. The molecule has 0 saturated heterocycles. The molecule has 0 fully saturated rings. The van der Waals surface area contributed by atoms with Gasteiger partial charge in [0.25, 0.3) is 11.8 Å². The van der Waals surface area contributed by atoms with E-state index in [1.807, 2.05) is 0 Å². The Morgan fingerprint density at radius 2 is 1.25 bits per heavy atom. The fourth-order valence-electron chi connectivity index (χ4n) is 1.98. The highest BCUT2D eigenvalue weighted by molar-refractivity contribution is 6.02. The van der Waals surface area contributed by atoms with Crippen molar-refractivity contribution in [3.8, 4) is 0 Å². The van der Waals surface area contributed by atoms with Crippen LogP contribution in [-0.2, 0) is 22.9 Å². The van der Waals surface area contributed by atoms with Crippen molar-refractivity contribution in [3.63, 3.8) is 0 Å². The molecule has 2 aromatic rings. The number of aliphatic hydroxyl groups excluding tert-OH is 1. The molecule has 0 radical (unpaired) electrons. The minimum atomic E-state index is -0.537. The number of hydrogen-bond acceptors (Lipinski definition) is 9. The summed E-state index contributed by atoms with van der Waals surface area (Å²) in [4.78, 5) is 42.5. The van der Waals surface area contributed by atoms with Crippen LogP contribution in [0.5, 0.6) is 0 Å². The Kier molecular flexibility index (Phi) is 8.02. The van der Waals surface area contributed by atoms with Crippen molar-refractivity contribution in [1.29, 1.82) is 0 Å². The second kappa shape index (κ2) is 11.0. The molecule has 3 heterocycles. The first-order chi connectivity index (χ1) is 13.7. The first kappa shape index (κ1) is 20.5. The van der Waals surface area contributed by atoms with Crippen molar-refractivity contribution in [2.75, 3.05) is 7.11 Å². The van der Waals surface area contributed by atoms with E-state index in [9.17, 15) is 9.59 Å². The predicted molar refractivity (Wildman–Crippen MR) is 98.1 cm³/mol. The molecule has 0 atom stereocenters. The number of carbonyl (C=O) groups excluding carboxylic acids is 2. The lowest BCUT2D eigenvalue weighted by Gasteiger charge is -2.05. The number of pyridine rings is 2. The zero-order chi connectivity index (χ0) is 20.2. The Morgan fingerprint density at radius 3 is 1.75 bits per heavy atom. The van der Waals surface area contributed by atoms with Gasteiger partial charge in [-0.3, -0.25) is 14.6 Å². The third-order valence-electron chi connectivity index (χ3n) is 3.15. The van der Waals surface area contributed by atoms with Gasteiger partial charge in [0.15, 0.2) is 13.2 Å². The van der Waals surface area contributed by atoms with Crippen molar-refractivity contribution in [2.45, 2.75) is 13.2 Å². The van der Waals surface area contributed by atoms with Crippen LogP contribution in [0.1, 0.15) is 32.4 Å². The maximum Gasteiger partial charge on any atom is 0.275 e. The standard InChI is InChI=1S/C16H14N6O4.CH4O/c23-15-13-5-2-6-14(22-13)16(24)18-10-20-26-8-12-4-1-3-11(21-12)7-25-19-9-17-15;1-2/h1-6,9-10H,7-8H2,(H,17,19,23)(H,18,20,24);2H,1H3. The van der Waals surface area contributed by atoms with Gasteiger partial charge in [0.05, 0.1) is 11.4 Å². The van der Waals surface area contributed by atoms with Crippen LogP contribution in [0.2, 0.25) is 0 Å². The third kappa shape index (κ3) is 6.14. The SMILES string of the molecule is CO.O=C1N/C=N\OCc2cccc(n2)CO/N=C\NC(=O)c2cccc1n2. The largest absolute Gasteiger partial charge is 0.400 e. The molecule has 0 unspecified atom stereocenters. The number of aromatic nitrogens is 2. The summed E-state index contributed by atoms with van der Waals surface area (Å²) in [5, 5.41) is 19.1. The van der Waals surface area contributed by atoms with Crippen molar-refractivity contribution in [3.05, 3.63) is 59.2 Å². The van der Waals surface area contributed by atoms with Crippen LogP contribution in [0.15, 0.2) is 46.7 Å². The fraction of sp³-hybridized carbons (Fsp3) is 0.176. The second-order valence-corrected chi connectivity index (χ2v) is 4.99. The van der Waals surface area contributed by atoms with E-state index in [1.165, 1.54) is 18.2 Å². The number of oxime groups is 2. The minimum Gasteiger partial charge on any atom is -0.400 e. The third-order valence-corrected chi connectivity index (χ3v) is 3.15. The fourth-order valence-corrected chi connectivity index (χ4v) is 1.98. The molecule has 146 valence electrons. The van der Waals surface area contributed by atoms with E-state index in [-0.39, 0.29) is 24.6 Å². The smallest absolute Gasteiger partial charge is 0.275 e. The second-order valence-electron chi connectivity index (χ2n) is 4.99.